The summed E-state index contributed by atoms with van der Waals surface area (Å²) in [6, 6.07) is 12.8. The van der Waals surface area contributed by atoms with Crippen LogP contribution in [0.15, 0.2) is 53.4 Å². The highest BCUT2D eigenvalue weighted by atomic mass is 35.5. The van der Waals surface area contributed by atoms with Crippen LogP contribution >= 0.6 is 23.2 Å². The summed E-state index contributed by atoms with van der Waals surface area (Å²) in [5.74, 6) is -0.942. The van der Waals surface area contributed by atoms with Gasteiger partial charge in [0.2, 0.25) is 10.0 Å². The number of benzene rings is 2. The predicted molar refractivity (Wildman–Crippen MR) is 114 cm³/mol. The van der Waals surface area contributed by atoms with E-state index in [0.29, 0.717) is 13.1 Å². The molecular formula is C19H20Cl2N4O4S. The molecule has 1 aliphatic rings. The van der Waals surface area contributed by atoms with Gasteiger partial charge in [0.05, 0.1) is 22.2 Å². The molecule has 1 saturated heterocycles. The number of amides is 2. The van der Waals surface area contributed by atoms with Crippen molar-refractivity contribution in [1.29, 1.82) is 0 Å². The Kier molecular flexibility index (Phi) is 7.32. The van der Waals surface area contributed by atoms with Crippen molar-refractivity contribution in [2.75, 3.05) is 32.7 Å². The molecule has 160 valence electrons. The number of carbonyl (C=O) groups excluding carboxylic acids is 2. The topological polar surface area (TPSA) is 98.8 Å². The molecule has 8 nitrogen and oxygen atoms in total. The molecule has 0 spiro atoms. The Hall–Kier alpha value is -2.17. The number of nitrogens with one attached hydrogen (secondary N) is 2. The van der Waals surface area contributed by atoms with E-state index in [-0.39, 0.29) is 40.1 Å². The standard InChI is InChI=1S/C19H20Cl2N4O4S/c20-15-6-2-1-5-14(15)19(27)23-22-18(26)13-24-9-11-25(12-10-24)30(28,29)17-8-4-3-7-16(17)21/h1-8H,9-13H2,(H,22,26)(H,23,27). The molecule has 11 heteroatoms. The van der Waals surface area contributed by atoms with E-state index >= 15 is 0 Å². The quantitative estimate of drug-likeness (QED) is 0.648. The van der Waals surface area contributed by atoms with E-state index in [2.05, 4.69) is 10.9 Å². The number of nitrogens with zero attached hydrogens (tertiary/aromatic N) is 2. The average Bonchev–Trinajstić information content (AvgIpc) is 2.73. The molecule has 0 aliphatic carbocycles. The van der Waals surface area contributed by atoms with Gasteiger partial charge in [0.25, 0.3) is 11.8 Å². The molecule has 0 bridgehead atoms. The lowest BCUT2D eigenvalue weighted by Crippen LogP contribution is -2.52. The number of piperazine rings is 1. The first kappa shape index (κ1) is 22.5. The molecule has 2 aromatic carbocycles. The van der Waals surface area contributed by atoms with Crippen molar-refractivity contribution >= 4 is 45.0 Å². The van der Waals surface area contributed by atoms with E-state index < -0.39 is 21.8 Å². The van der Waals surface area contributed by atoms with E-state index in [1.165, 1.54) is 16.4 Å². The molecule has 2 N–H and O–H groups in total. The molecule has 0 aromatic heterocycles. The van der Waals surface area contributed by atoms with Crippen LogP contribution in [0, 0.1) is 0 Å². The Labute approximate surface area is 184 Å². The molecule has 1 heterocycles. The lowest BCUT2D eigenvalue weighted by Gasteiger charge is -2.33. The summed E-state index contributed by atoms with van der Waals surface area (Å²) in [6.45, 7) is 1.22. The zero-order valence-corrected chi connectivity index (χ0v) is 18.2. The SMILES string of the molecule is O=C(CN1CCN(S(=O)(=O)c2ccccc2Cl)CC1)NNC(=O)c1ccccc1Cl. The Bertz CT molecular complexity index is 1040. The molecule has 2 aromatic rings. The van der Waals surface area contributed by atoms with Gasteiger partial charge in [-0.25, -0.2) is 8.42 Å². The van der Waals surface area contributed by atoms with Crippen molar-refractivity contribution < 1.29 is 18.0 Å². The molecule has 2 amide bonds. The summed E-state index contributed by atoms with van der Waals surface area (Å²) in [5.41, 5.74) is 4.91. The maximum absolute atomic E-state index is 12.8. The first-order valence-electron chi connectivity index (χ1n) is 9.10. The van der Waals surface area contributed by atoms with Gasteiger partial charge in [-0.3, -0.25) is 25.3 Å². The maximum Gasteiger partial charge on any atom is 0.271 e. The van der Waals surface area contributed by atoms with Crippen LogP contribution in [0.1, 0.15) is 10.4 Å². The first-order chi connectivity index (χ1) is 14.3. The number of hydrogen-bond donors (Lipinski definition) is 2. The molecule has 30 heavy (non-hydrogen) atoms. The molecular weight excluding hydrogens is 451 g/mol. The number of carbonyl (C=O) groups is 2. The van der Waals surface area contributed by atoms with Gasteiger partial charge in [0, 0.05) is 26.2 Å². The number of sulfonamides is 1. The van der Waals surface area contributed by atoms with E-state index in [0.717, 1.165) is 0 Å². The lowest BCUT2D eigenvalue weighted by molar-refractivity contribution is -0.123. The number of halogens is 2. The number of hydrogen-bond acceptors (Lipinski definition) is 5. The van der Waals surface area contributed by atoms with Crippen LogP contribution in [-0.2, 0) is 14.8 Å². The van der Waals surface area contributed by atoms with Crippen LogP contribution < -0.4 is 10.9 Å². The fraction of sp³-hybridized carbons (Fsp3) is 0.263. The van der Waals surface area contributed by atoms with Gasteiger partial charge in [0.15, 0.2) is 0 Å². The summed E-state index contributed by atoms with van der Waals surface area (Å²) in [5, 5.41) is 0.452. The molecule has 1 fully saturated rings. The summed E-state index contributed by atoms with van der Waals surface area (Å²) in [6.07, 6.45) is 0. The first-order valence-corrected chi connectivity index (χ1v) is 11.3. The third kappa shape index (κ3) is 5.30. The fourth-order valence-electron chi connectivity index (χ4n) is 3.00. The highest BCUT2D eigenvalue weighted by Gasteiger charge is 2.30. The summed E-state index contributed by atoms with van der Waals surface area (Å²) < 4.78 is 26.9. The monoisotopic (exact) mass is 470 g/mol. The van der Waals surface area contributed by atoms with Crippen LogP contribution in [0.4, 0.5) is 0 Å². The minimum Gasteiger partial charge on any atom is -0.292 e. The van der Waals surface area contributed by atoms with Crippen molar-refractivity contribution in [3.8, 4) is 0 Å². The highest BCUT2D eigenvalue weighted by molar-refractivity contribution is 7.89. The van der Waals surface area contributed by atoms with Gasteiger partial charge in [0.1, 0.15) is 4.90 Å². The zero-order chi connectivity index (χ0) is 21.7. The van der Waals surface area contributed by atoms with Crippen LogP contribution in [0.3, 0.4) is 0 Å². The molecule has 1 aliphatic heterocycles. The van der Waals surface area contributed by atoms with Crippen molar-refractivity contribution in [2.45, 2.75) is 4.90 Å². The molecule has 0 radical (unpaired) electrons. The largest absolute Gasteiger partial charge is 0.292 e. The Morgan fingerprint density at radius 3 is 2.10 bits per heavy atom. The van der Waals surface area contributed by atoms with Crippen molar-refractivity contribution in [1.82, 2.24) is 20.1 Å². The van der Waals surface area contributed by atoms with E-state index in [9.17, 15) is 18.0 Å². The van der Waals surface area contributed by atoms with Gasteiger partial charge in [-0.15, -0.1) is 0 Å². The number of hydrazine groups is 1. The molecule has 0 saturated carbocycles. The highest BCUT2D eigenvalue weighted by Crippen LogP contribution is 2.24. The molecule has 3 rings (SSSR count). The van der Waals surface area contributed by atoms with E-state index in [4.69, 9.17) is 23.2 Å². The predicted octanol–water partition coefficient (Wildman–Crippen LogP) is 1.76. The van der Waals surface area contributed by atoms with Crippen LogP contribution in [0.2, 0.25) is 10.0 Å². The van der Waals surface area contributed by atoms with Gasteiger partial charge in [-0.1, -0.05) is 47.5 Å². The van der Waals surface area contributed by atoms with Gasteiger partial charge < -0.3 is 0 Å². The molecule has 0 unspecified atom stereocenters. The third-order valence-electron chi connectivity index (χ3n) is 4.59. The second-order valence-corrected chi connectivity index (χ2v) is 9.31. The Balaban J connectivity index is 1.49. The summed E-state index contributed by atoms with van der Waals surface area (Å²) in [4.78, 5) is 26.1. The van der Waals surface area contributed by atoms with Crippen molar-refractivity contribution in [3.63, 3.8) is 0 Å². The Morgan fingerprint density at radius 1 is 0.867 bits per heavy atom. The van der Waals surface area contributed by atoms with Crippen LogP contribution in [-0.4, -0.2) is 62.2 Å². The fourth-order valence-corrected chi connectivity index (χ4v) is 5.14. The third-order valence-corrected chi connectivity index (χ3v) is 7.31. The van der Waals surface area contributed by atoms with Crippen LogP contribution in [0.5, 0.6) is 0 Å². The minimum atomic E-state index is -3.70. The van der Waals surface area contributed by atoms with Gasteiger partial charge >= 0.3 is 0 Å². The Morgan fingerprint density at radius 2 is 1.47 bits per heavy atom. The summed E-state index contributed by atoms with van der Waals surface area (Å²) in [7, 11) is -3.70. The average molecular weight is 471 g/mol. The second kappa shape index (κ2) is 9.76. The van der Waals surface area contributed by atoms with E-state index in [1.54, 1.807) is 41.3 Å². The molecule has 0 atom stereocenters. The number of rotatable bonds is 5. The zero-order valence-electron chi connectivity index (χ0n) is 15.8. The smallest absolute Gasteiger partial charge is 0.271 e. The van der Waals surface area contributed by atoms with E-state index in [1.807, 2.05) is 0 Å². The maximum atomic E-state index is 12.8. The minimum absolute atomic E-state index is 0.0166. The van der Waals surface area contributed by atoms with Gasteiger partial charge in [-0.05, 0) is 24.3 Å². The second-order valence-electron chi connectivity index (χ2n) is 6.59. The summed E-state index contributed by atoms with van der Waals surface area (Å²) >= 11 is 12.0. The van der Waals surface area contributed by atoms with Crippen molar-refractivity contribution in [3.05, 3.63) is 64.1 Å². The van der Waals surface area contributed by atoms with Gasteiger partial charge in [-0.2, -0.15) is 4.31 Å². The van der Waals surface area contributed by atoms with Crippen molar-refractivity contribution in [2.24, 2.45) is 0 Å². The van der Waals surface area contributed by atoms with Crippen LogP contribution in [0.25, 0.3) is 0 Å². The normalized spacial score (nSPS) is 15.5. The lowest BCUT2D eigenvalue weighted by atomic mass is 10.2.